The molecule has 0 saturated heterocycles. The number of nitrogens with one attached hydrogen (secondary N) is 2. The molecule has 3 rings (SSSR count). The Morgan fingerprint density at radius 2 is 1.29 bits per heavy atom. The maximum absolute atomic E-state index is 13.4. The van der Waals surface area contributed by atoms with Crippen LogP contribution in [0.3, 0.4) is 0 Å². The Bertz CT molecular complexity index is 1510. The van der Waals surface area contributed by atoms with Gasteiger partial charge in [0.25, 0.3) is 11.4 Å². The van der Waals surface area contributed by atoms with Crippen molar-refractivity contribution in [2.75, 3.05) is 6.61 Å². The van der Waals surface area contributed by atoms with Crippen LogP contribution in [0.4, 0.5) is 15.8 Å². The van der Waals surface area contributed by atoms with Gasteiger partial charge in [0.15, 0.2) is 0 Å². The molecule has 3 aromatic carbocycles. The number of nitrogens with zero attached hydrogens (tertiary/aromatic N) is 2. The molecule has 3 aromatic rings. The fraction of sp³-hybridized carbons (Fsp3) is 0.231. The second-order valence-corrected chi connectivity index (χ2v) is 10.4. The van der Waals surface area contributed by atoms with E-state index < -0.39 is 49.6 Å². The zero-order chi connectivity index (χ0) is 30.2. The number of halogens is 1. The van der Waals surface area contributed by atoms with E-state index in [9.17, 15) is 42.6 Å². The first kappa shape index (κ1) is 30.8. The average molecular weight is 589 g/mol. The van der Waals surface area contributed by atoms with Crippen molar-refractivity contribution in [3.05, 3.63) is 110 Å². The fourth-order valence-electron chi connectivity index (χ4n) is 3.74. The number of sulfonamides is 1. The monoisotopic (exact) mass is 588 g/mol. The van der Waals surface area contributed by atoms with Crippen LogP contribution in [0.2, 0.25) is 0 Å². The number of non-ortho nitro benzene ring substituents is 2. The van der Waals surface area contributed by atoms with Crippen LogP contribution in [0.1, 0.15) is 18.1 Å². The highest BCUT2D eigenvalue weighted by atomic mass is 32.2. The van der Waals surface area contributed by atoms with E-state index in [0.717, 1.165) is 24.3 Å². The lowest BCUT2D eigenvalue weighted by molar-refractivity contribution is -0.385. The number of benzene rings is 3. The standard InChI is InChI=1S/C26H25FN4O9S/c1-2-40-26(33)24(16-17-3-7-19(27)8-4-17)28-25(32)23(15-18-5-9-20(10-6-18)30(34)35)29-41(38,39)22-13-11-21(12-14-22)31(36)37/h3-14,23-24,29H,2,15-16H2,1H3,(H,28,32)/t23-,24-/m0/s1. The molecule has 0 aliphatic carbocycles. The van der Waals surface area contributed by atoms with Crippen molar-refractivity contribution < 1.29 is 37.0 Å². The summed E-state index contributed by atoms with van der Waals surface area (Å²) in [5.41, 5.74) is 0.279. The maximum atomic E-state index is 13.4. The molecule has 15 heteroatoms. The molecule has 0 saturated carbocycles. The minimum Gasteiger partial charge on any atom is -0.464 e. The molecule has 0 aliphatic heterocycles. The molecule has 1 amide bonds. The van der Waals surface area contributed by atoms with E-state index in [1.54, 1.807) is 6.92 Å². The Morgan fingerprint density at radius 1 is 0.829 bits per heavy atom. The number of hydrogen-bond acceptors (Lipinski definition) is 9. The van der Waals surface area contributed by atoms with Gasteiger partial charge >= 0.3 is 5.97 Å². The van der Waals surface area contributed by atoms with E-state index in [2.05, 4.69) is 10.0 Å². The molecule has 13 nitrogen and oxygen atoms in total. The third-order valence-electron chi connectivity index (χ3n) is 5.80. The van der Waals surface area contributed by atoms with Crippen LogP contribution in [0.5, 0.6) is 0 Å². The van der Waals surface area contributed by atoms with Crippen molar-refractivity contribution in [1.82, 2.24) is 10.0 Å². The van der Waals surface area contributed by atoms with Crippen molar-refractivity contribution in [1.29, 1.82) is 0 Å². The molecule has 0 spiro atoms. The first-order valence-corrected chi connectivity index (χ1v) is 13.6. The van der Waals surface area contributed by atoms with Crippen LogP contribution in [-0.2, 0) is 37.2 Å². The molecule has 0 bridgehead atoms. The largest absolute Gasteiger partial charge is 0.464 e. The van der Waals surface area contributed by atoms with Gasteiger partial charge in [0.1, 0.15) is 17.9 Å². The van der Waals surface area contributed by atoms with Gasteiger partial charge in [-0.1, -0.05) is 24.3 Å². The highest BCUT2D eigenvalue weighted by molar-refractivity contribution is 7.89. The number of carbonyl (C=O) groups is 2. The summed E-state index contributed by atoms with van der Waals surface area (Å²) in [5.74, 6) is -2.24. The summed E-state index contributed by atoms with van der Waals surface area (Å²) in [6.07, 6.45) is -0.369. The second kappa shape index (κ2) is 13.5. The number of hydrogen-bond donors (Lipinski definition) is 2. The van der Waals surface area contributed by atoms with Crippen LogP contribution >= 0.6 is 0 Å². The normalized spacial score (nSPS) is 12.6. The van der Waals surface area contributed by atoms with Crippen molar-refractivity contribution in [2.45, 2.75) is 36.7 Å². The molecule has 0 heterocycles. The number of nitro benzene ring substituents is 2. The predicted molar refractivity (Wildman–Crippen MR) is 143 cm³/mol. The quantitative estimate of drug-likeness (QED) is 0.172. The summed E-state index contributed by atoms with van der Waals surface area (Å²) in [7, 11) is -4.42. The maximum Gasteiger partial charge on any atom is 0.328 e. The first-order valence-electron chi connectivity index (χ1n) is 12.1. The number of nitro groups is 2. The number of amides is 1. The molecule has 216 valence electrons. The van der Waals surface area contributed by atoms with E-state index in [1.165, 1.54) is 48.5 Å². The zero-order valence-corrected chi connectivity index (χ0v) is 22.4. The van der Waals surface area contributed by atoms with E-state index in [-0.39, 0.29) is 35.7 Å². The van der Waals surface area contributed by atoms with Crippen LogP contribution in [0.15, 0.2) is 77.7 Å². The van der Waals surface area contributed by atoms with Gasteiger partial charge in [-0.05, 0) is 48.7 Å². The van der Waals surface area contributed by atoms with Gasteiger partial charge in [0, 0.05) is 30.7 Å². The lowest BCUT2D eigenvalue weighted by Gasteiger charge is -2.23. The molecule has 41 heavy (non-hydrogen) atoms. The third-order valence-corrected chi connectivity index (χ3v) is 7.29. The van der Waals surface area contributed by atoms with Gasteiger partial charge in [0.05, 0.1) is 21.3 Å². The van der Waals surface area contributed by atoms with Gasteiger partial charge in [-0.15, -0.1) is 0 Å². The Labute approximate surface area is 233 Å². The molecule has 2 N–H and O–H groups in total. The van der Waals surface area contributed by atoms with Gasteiger partial charge in [0.2, 0.25) is 15.9 Å². The van der Waals surface area contributed by atoms with Crippen molar-refractivity contribution in [3.8, 4) is 0 Å². The molecule has 0 unspecified atom stereocenters. The molecule has 0 fully saturated rings. The minimum atomic E-state index is -4.42. The Morgan fingerprint density at radius 3 is 1.78 bits per heavy atom. The smallest absolute Gasteiger partial charge is 0.328 e. The van der Waals surface area contributed by atoms with Gasteiger partial charge in [-0.25, -0.2) is 17.6 Å². The van der Waals surface area contributed by atoms with Crippen molar-refractivity contribution in [2.24, 2.45) is 0 Å². The molecular weight excluding hydrogens is 563 g/mol. The molecule has 0 aliphatic rings. The van der Waals surface area contributed by atoms with Gasteiger partial charge in [-0.3, -0.25) is 25.0 Å². The highest BCUT2D eigenvalue weighted by Crippen LogP contribution is 2.18. The van der Waals surface area contributed by atoms with Crippen molar-refractivity contribution >= 4 is 33.3 Å². The fourth-order valence-corrected chi connectivity index (χ4v) is 4.94. The number of carbonyl (C=O) groups excluding carboxylic acids is 2. The topological polar surface area (TPSA) is 188 Å². The lowest BCUT2D eigenvalue weighted by atomic mass is 10.0. The summed E-state index contributed by atoms with van der Waals surface area (Å²) in [6.45, 7) is 1.55. The number of ether oxygens (including phenoxy) is 1. The summed E-state index contributed by atoms with van der Waals surface area (Å²) in [6, 6.07) is 11.4. The summed E-state index contributed by atoms with van der Waals surface area (Å²) in [4.78, 5) is 46.3. The van der Waals surface area contributed by atoms with E-state index in [4.69, 9.17) is 4.74 Å². The van der Waals surface area contributed by atoms with Crippen LogP contribution in [0.25, 0.3) is 0 Å². The highest BCUT2D eigenvalue weighted by Gasteiger charge is 2.31. The second-order valence-electron chi connectivity index (χ2n) is 8.70. The zero-order valence-electron chi connectivity index (χ0n) is 21.6. The third kappa shape index (κ3) is 8.61. The van der Waals surface area contributed by atoms with Gasteiger partial charge < -0.3 is 10.1 Å². The first-order chi connectivity index (χ1) is 19.4. The Balaban J connectivity index is 1.91. The predicted octanol–water partition coefficient (Wildman–Crippen LogP) is 2.82. The number of rotatable bonds is 13. The van der Waals surface area contributed by atoms with Crippen LogP contribution < -0.4 is 10.0 Å². The van der Waals surface area contributed by atoms with Crippen molar-refractivity contribution in [3.63, 3.8) is 0 Å². The van der Waals surface area contributed by atoms with E-state index in [1.807, 2.05) is 0 Å². The lowest BCUT2D eigenvalue weighted by Crippen LogP contribution is -2.53. The minimum absolute atomic E-state index is 0.00633. The average Bonchev–Trinajstić information content (AvgIpc) is 2.93. The Kier molecular flexibility index (Phi) is 10.2. The molecule has 0 aromatic heterocycles. The van der Waals surface area contributed by atoms with Gasteiger partial charge in [-0.2, -0.15) is 4.72 Å². The molecule has 2 atom stereocenters. The Hall–Kier alpha value is -4.76. The molecular formula is C26H25FN4O9S. The van der Waals surface area contributed by atoms with Crippen LogP contribution in [0, 0.1) is 26.0 Å². The summed E-state index contributed by atoms with van der Waals surface area (Å²) in [5, 5.41) is 24.4. The van der Waals surface area contributed by atoms with Crippen LogP contribution in [-0.4, -0.2) is 48.8 Å². The number of esters is 1. The SMILES string of the molecule is CCOC(=O)[C@H](Cc1ccc(F)cc1)NC(=O)[C@H](Cc1ccc([N+](=O)[O-])cc1)NS(=O)(=O)c1ccc([N+](=O)[O-])cc1. The summed E-state index contributed by atoms with van der Waals surface area (Å²) < 4.78 is 46.9. The van der Waals surface area contributed by atoms with E-state index in [0.29, 0.717) is 11.1 Å². The summed E-state index contributed by atoms with van der Waals surface area (Å²) >= 11 is 0. The van der Waals surface area contributed by atoms with E-state index >= 15 is 0 Å². The molecule has 0 radical (unpaired) electrons.